The fourth-order valence-electron chi connectivity index (χ4n) is 3.53. The van der Waals surface area contributed by atoms with Crippen LogP contribution in [0.4, 0.5) is 0 Å². The average Bonchev–Trinajstić information content (AvgIpc) is 2.93. The Labute approximate surface area is 114 Å². The first-order valence-electron chi connectivity index (χ1n) is 7.31. The van der Waals surface area contributed by atoms with E-state index in [0.717, 1.165) is 30.9 Å². The third kappa shape index (κ3) is 2.27. The first-order valence-corrected chi connectivity index (χ1v) is 7.31. The smallest absolute Gasteiger partial charge is 0.0721 e. The number of aryl methyl sites for hydroxylation is 1. The van der Waals surface area contributed by atoms with E-state index in [0.29, 0.717) is 0 Å². The van der Waals surface area contributed by atoms with Crippen molar-refractivity contribution in [2.45, 2.75) is 44.6 Å². The Morgan fingerprint density at radius 3 is 2.95 bits per heavy atom. The molecule has 2 atom stereocenters. The minimum absolute atomic E-state index is 0.0438. The van der Waals surface area contributed by atoms with Crippen LogP contribution < -0.4 is 5.73 Å². The number of benzene rings is 1. The van der Waals surface area contributed by atoms with Gasteiger partial charge in [-0.2, -0.15) is 5.10 Å². The zero-order valence-electron chi connectivity index (χ0n) is 11.9. The molecule has 0 amide bonds. The van der Waals surface area contributed by atoms with Gasteiger partial charge in [0.2, 0.25) is 0 Å². The standard InChI is InChI=1S/C16H23N3/c1-3-12-8-9-16(17,10-12)11-14-13-6-4-5-7-15(13)19(2)18-14/h4-7,12H,3,8-11,17H2,1-2H3. The highest BCUT2D eigenvalue weighted by Gasteiger charge is 2.35. The summed E-state index contributed by atoms with van der Waals surface area (Å²) >= 11 is 0. The van der Waals surface area contributed by atoms with E-state index in [-0.39, 0.29) is 5.54 Å². The van der Waals surface area contributed by atoms with Crippen LogP contribution in [-0.2, 0) is 13.5 Å². The van der Waals surface area contributed by atoms with E-state index >= 15 is 0 Å². The molecule has 0 radical (unpaired) electrons. The van der Waals surface area contributed by atoms with Crippen molar-refractivity contribution >= 4 is 10.9 Å². The third-order valence-electron chi connectivity index (χ3n) is 4.68. The summed E-state index contributed by atoms with van der Waals surface area (Å²) in [7, 11) is 2.01. The van der Waals surface area contributed by atoms with Gasteiger partial charge in [-0.3, -0.25) is 4.68 Å². The van der Waals surface area contributed by atoms with Crippen LogP contribution in [-0.4, -0.2) is 15.3 Å². The number of nitrogens with zero attached hydrogens (tertiary/aromatic N) is 2. The second-order valence-corrected chi connectivity index (χ2v) is 6.14. The van der Waals surface area contributed by atoms with Crippen LogP contribution in [0.15, 0.2) is 24.3 Å². The van der Waals surface area contributed by atoms with Crippen molar-refractivity contribution in [3.63, 3.8) is 0 Å². The van der Waals surface area contributed by atoms with Gasteiger partial charge in [-0.1, -0.05) is 31.5 Å². The van der Waals surface area contributed by atoms with Crippen molar-refractivity contribution in [1.29, 1.82) is 0 Å². The molecule has 1 aliphatic carbocycles. The second-order valence-electron chi connectivity index (χ2n) is 6.14. The molecule has 2 N–H and O–H groups in total. The van der Waals surface area contributed by atoms with E-state index in [1.54, 1.807) is 0 Å². The molecular weight excluding hydrogens is 234 g/mol. The summed E-state index contributed by atoms with van der Waals surface area (Å²) in [5.74, 6) is 0.806. The number of hydrogen-bond acceptors (Lipinski definition) is 2. The largest absolute Gasteiger partial charge is 0.325 e. The summed E-state index contributed by atoms with van der Waals surface area (Å²) < 4.78 is 1.97. The summed E-state index contributed by atoms with van der Waals surface area (Å²) in [6, 6.07) is 8.43. The second kappa shape index (κ2) is 4.64. The number of fused-ring (bicyclic) bond motifs is 1. The predicted octanol–water partition coefficient (Wildman–Crippen LogP) is 3.02. The van der Waals surface area contributed by atoms with Gasteiger partial charge in [-0.05, 0) is 31.2 Å². The maximum atomic E-state index is 6.61. The molecule has 19 heavy (non-hydrogen) atoms. The fourth-order valence-corrected chi connectivity index (χ4v) is 3.53. The van der Waals surface area contributed by atoms with Crippen molar-refractivity contribution in [3.8, 4) is 0 Å². The van der Waals surface area contributed by atoms with Crippen molar-refractivity contribution in [1.82, 2.24) is 9.78 Å². The zero-order valence-corrected chi connectivity index (χ0v) is 11.9. The molecule has 0 bridgehead atoms. The number of para-hydroxylation sites is 1. The van der Waals surface area contributed by atoms with Gasteiger partial charge in [-0.25, -0.2) is 0 Å². The lowest BCUT2D eigenvalue weighted by atomic mass is 9.90. The SMILES string of the molecule is CCC1CCC(N)(Cc2nn(C)c3ccccc23)C1. The van der Waals surface area contributed by atoms with Gasteiger partial charge in [0.1, 0.15) is 0 Å². The van der Waals surface area contributed by atoms with Crippen molar-refractivity contribution in [2.24, 2.45) is 18.7 Å². The topological polar surface area (TPSA) is 43.8 Å². The molecule has 102 valence electrons. The Bertz CT molecular complexity index is 587. The first-order chi connectivity index (χ1) is 9.11. The van der Waals surface area contributed by atoms with Crippen molar-refractivity contribution in [2.75, 3.05) is 0 Å². The quantitative estimate of drug-likeness (QED) is 0.918. The summed E-state index contributed by atoms with van der Waals surface area (Å²) in [5.41, 5.74) is 8.93. The van der Waals surface area contributed by atoms with Crippen LogP contribution in [0.3, 0.4) is 0 Å². The summed E-state index contributed by atoms with van der Waals surface area (Å²) in [5, 5.41) is 5.95. The molecule has 0 saturated heterocycles. The van der Waals surface area contributed by atoms with Crippen LogP contribution in [0, 0.1) is 5.92 Å². The Morgan fingerprint density at radius 2 is 2.21 bits per heavy atom. The van der Waals surface area contributed by atoms with Crippen LogP contribution >= 0.6 is 0 Å². The number of nitrogens with two attached hydrogens (primary N) is 1. The third-order valence-corrected chi connectivity index (χ3v) is 4.68. The van der Waals surface area contributed by atoms with Gasteiger partial charge in [-0.15, -0.1) is 0 Å². The van der Waals surface area contributed by atoms with E-state index in [1.807, 2.05) is 11.7 Å². The van der Waals surface area contributed by atoms with Crippen molar-refractivity contribution in [3.05, 3.63) is 30.0 Å². The van der Waals surface area contributed by atoms with E-state index in [4.69, 9.17) is 5.73 Å². The normalized spacial score (nSPS) is 27.2. The molecule has 0 spiro atoms. The van der Waals surface area contributed by atoms with Gasteiger partial charge in [0.05, 0.1) is 11.2 Å². The molecule has 1 aromatic heterocycles. The zero-order chi connectivity index (χ0) is 13.5. The molecule has 1 aliphatic rings. The Hall–Kier alpha value is -1.35. The lowest BCUT2D eigenvalue weighted by Gasteiger charge is -2.23. The summed E-state index contributed by atoms with van der Waals surface area (Å²) in [6.45, 7) is 2.27. The molecule has 1 heterocycles. The van der Waals surface area contributed by atoms with E-state index in [2.05, 4.69) is 36.3 Å². The molecule has 0 aliphatic heterocycles. The minimum atomic E-state index is -0.0438. The highest BCUT2D eigenvalue weighted by atomic mass is 15.3. The van der Waals surface area contributed by atoms with Gasteiger partial charge < -0.3 is 5.73 Å². The highest BCUT2D eigenvalue weighted by Crippen LogP contribution is 2.37. The summed E-state index contributed by atoms with van der Waals surface area (Å²) in [6.07, 6.45) is 5.72. The Balaban J connectivity index is 1.90. The molecule has 2 aromatic rings. The Kier molecular flexibility index (Phi) is 3.09. The van der Waals surface area contributed by atoms with E-state index < -0.39 is 0 Å². The maximum Gasteiger partial charge on any atom is 0.0721 e. The number of aromatic nitrogens is 2. The predicted molar refractivity (Wildman–Crippen MR) is 79.0 cm³/mol. The van der Waals surface area contributed by atoms with Crippen LogP contribution in [0.2, 0.25) is 0 Å². The number of rotatable bonds is 3. The molecule has 1 aromatic carbocycles. The minimum Gasteiger partial charge on any atom is -0.325 e. The number of hydrogen-bond donors (Lipinski definition) is 1. The molecular formula is C16H23N3. The monoisotopic (exact) mass is 257 g/mol. The lowest BCUT2D eigenvalue weighted by molar-refractivity contribution is 0.403. The van der Waals surface area contributed by atoms with Gasteiger partial charge >= 0.3 is 0 Å². The summed E-state index contributed by atoms with van der Waals surface area (Å²) in [4.78, 5) is 0. The van der Waals surface area contributed by atoms with Gasteiger partial charge in [0.15, 0.2) is 0 Å². The Morgan fingerprint density at radius 1 is 1.42 bits per heavy atom. The van der Waals surface area contributed by atoms with E-state index in [1.165, 1.54) is 23.7 Å². The lowest BCUT2D eigenvalue weighted by Crippen LogP contribution is -2.39. The molecule has 3 rings (SSSR count). The van der Waals surface area contributed by atoms with Crippen LogP contribution in [0.1, 0.15) is 38.3 Å². The maximum absolute atomic E-state index is 6.61. The van der Waals surface area contributed by atoms with Crippen molar-refractivity contribution < 1.29 is 0 Å². The fraction of sp³-hybridized carbons (Fsp3) is 0.562. The molecule has 1 saturated carbocycles. The molecule has 3 nitrogen and oxygen atoms in total. The molecule has 1 fully saturated rings. The first kappa shape index (κ1) is 12.7. The van der Waals surface area contributed by atoms with Gasteiger partial charge in [0.25, 0.3) is 0 Å². The van der Waals surface area contributed by atoms with E-state index in [9.17, 15) is 0 Å². The molecule has 3 heteroatoms. The highest BCUT2D eigenvalue weighted by molar-refractivity contribution is 5.82. The van der Waals surface area contributed by atoms with Gasteiger partial charge in [0, 0.05) is 24.4 Å². The molecule has 2 unspecified atom stereocenters. The van der Waals surface area contributed by atoms with Crippen LogP contribution in [0.5, 0.6) is 0 Å². The van der Waals surface area contributed by atoms with Crippen LogP contribution in [0.25, 0.3) is 10.9 Å². The average molecular weight is 257 g/mol.